The minimum atomic E-state index is -4.69. The molecule has 0 amide bonds. The van der Waals surface area contributed by atoms with Gasteiger partial charge in [0.25, 0.3) is 0 Å². The average Bonchev–Trinajstić information content (AvgIpc) is 2.30. The topological polar surface area (TPSA) is 72.2 Å². The number of hydrogen-bond acceptors (Lipinski definition) is 3. The summed E-state index contributed by atoms with van der Waals surface area (Å²) >= 11 is 5.66. The van der Waals surface area contributed by atoms with Crippen LogP contribution in [0.25, 0.3) is 0 Å². The van der Waals surface area contributed by atoms with Gasteiger partial charge in [-0.15, -0.1) is 0 Å². The van der Waals surface area contributed by atoms with Gasteiger partial charge in [-0.3, -0.25) is 4.72 Å². The van der Waals surface area contributed by atoms with Gasteiger partial charge in [-0.25, -0.2) is 8.42 Å². The second-order valence-electron chi connectivity index (χ2n) is 4.08. The van der Waals surface area contributed by atoms with Gasteiger partial charge in [-0.1, -0.05) is 17.7 Å². The summed E-state index contributed by atoms with van der Waals surface area (Å²) in [6.07, 6.45) is -3.97. The third-order valence-corrected chi connectivity index (χ3v) is 4.10. The Bertz CT molecular complexity index is 561. The van der Waals surface area contributed by atoms with Gasteiger partial charge in [0.1, 0.15) is 0 Å². The Morgan fingerprint density at radius 2 is 1.90 bits per heavy atom. The SMILES string of the molecule is NCCCCS(=O)(=O)Nc1c(Cl)cccc1C(F)(F)F. The van der Waals surface area contributed by atoms with E-state index >= 15 is 0 Å². The highest BCUT2D eigenvalue weighted by molar-refractivity contribution is 7.92. The minimum Gasteiger partial charge on any atom is -0.330 e. The maximum atomic E-state index is 12.8. The molecular formula is C11H14ClF3N2O2S. The van der Waals surface area contributed by atoms with Crippen LogP contribution >= 0.6 is 11.6 Å². The van der Waals surface area contributed by atoms with Crippen LogP contribution in [0.1, 0.15) is 18.4 Å². The Morgan fingerprint density at radius 1 is 1.25 bits per heavy atom. The molecule has 0 radical (unpaired) electrons. The van der Waals surface area contributed by atoms with Crippen LogP contribution in [-0.4, -0.2) is 20.7 Å². The first-order chi connectivity index (χ1) is 9.17. The zero-order chi connectivity index (χ0) is 15.4. The Labute approximate surface area is 120 Å². The summed E-state index contributed by atoms with van der Waals surface area (Å²) < 4.78 is 63.8. The van der Waals surface area contributed by atoms with Gasteiger partial charge in [0, 0.05) is 0 Å². The summed E-state index contributed by atoms with van der Waals surface area (Å²) in [7, 11) is -3.90. The van der Waals surface area contributed by atoms with Crippen molar-refractivity contribution in [2.45, 2.75) is 19.0 Å². The van der Waals surface area contributed by atoms with E-state index in [1.54, 1.807) is 0 Å². The number of benzene rings is 1. The van der Waals surface area contributed by atoms with Crippen molar-refractivity contribution in [3.8, 4) is 0 Å². The van der Waals surface area contributed by atoms with E-state index in [2.05, 4.69) is 0 Å². The van der Waals surface area contributed by atoms with E-state index in [1.165, 1.54) is 6.07 Å². The van der Waals surface area contributed by atoms with Gasteiger partial charge < -0.3 is 5.73 Å². The number of nitrogens with two attached hydrogens (primary N) is 1. The molecular weight excluding hydrogens is 317 g/mol. The fourth-order valence-corrected chi connectivity index (χ4v) is 3.00. The fraction of sp³-hybridized carbons (Fsp3) is 0.455. The van der Waals surface area contributed by atoms with Crippen molar-refractivity contribution in [3.05, 3.63) is 28.8 Å². The van der Waals surface area contributed by atoms with Crippen molar-refractivity contribution >= 4 is 27.3 Å². The van der Waals surface area contributed by atoms with Crippen molar-refractivity contribution in [3.63, 3.8) is 0 Å². The molecule has 0 aliphatic heterocycles. The maximum Gasteiger partial charge on any atom is 0.418 e. The van der Waals surface area contributed by atoms with E-state index in [9.17, 15) is 21.6 Å². The molecule has 4 nitrogen and oxygen atoms in total. The lowest BCUT2D eigenvalue weighted by atomic mass is 10.2. The van der Waals surface area contributed by atoms with Crippen LogP contribution in [0.5, 0.6) is 0 Å². The third-order valence-electron chi connectivity index (χ3n) is 2.44. The Hall–Kier alpha value is -0.990. The molecule has 0 fully saturated rings. The van der Waals surface area contributed by atoms with E-state index in [1.807, 2.05) is 4.72 Å². The number of rotatable bonds is 6. The molecule has 0 atom stereocenters. The average molecular weight is 331 g/mol. The number of unbranched alkanes of at least 4 members (excludes halogenated alkanes) is 1. The molecule has 0 aromatic heterocycles. The van der Waals surface area contributed by atoms with Crippen LogP contribution < -0.4 is 10.5 Å². The first kappa shape index (κ1) is 17.1. The maximum absolute atomic E-state index is 12.8. The second-order valence-corrected chi connectivity index (χ2v) is 6.33. The lowest BCUT2D eigenvalue weighted by molar-refractivity contribution is -0.136. The zero-order valence-electron chi connectivity index (χ0n) is 10.4. The van der Waals surface area contributed by atoms with Gasteiger partial charge >= 0.3 is 6.18 Å². The van der Waals surface area contributed by atoms with Crippen molar-refractivity contribution in [1.82, 2.24) is 0 Å². The normalized spacial score (nSPS) is 12.4. The van der Waals surface area contributed by atoms with Crippen molar-refractivity contribution < 1.29 is 21.6 Å². The molecule has 0 unspecified atom stereocenters. The molecule has 0 bridgehead atoms. The molecule has 114 valence electrons. The summed E-state index contributed by atoms with van der Waals surface area (Å²) in [5.74, 6) is -0.313. The van der Waals surface area contributed by atoms with Crippen LogP contribution in [0.4, 0.5) is 18.9 Å². The van der Waals surface area contributed by atoms with Gasteiger partial charge in [-0.2, -0.15) is 13.2 Å². The lowest BCUT2D eigenvalue weighted by Crippen LogP contribution is -2.20. The molecule has 0 saturated carbocycles. The minimum absolute atomic E-state index is 0.262. The van der Waals surface area contributed by atoms with Gasteiger partial charge in [0.2, 0.25) is 10.0 Å². The number of anilines is 1. The van der Waals surface area contributed by atoms with E-state index in [0.29, 0.717) is 13.0 Å². The van der Waals surface area contributed by atoms with Gasteiger partial charge in [0.15, 0.2) is 0 Å². The summed E-state index contributed by atoms with van der Waals surface area (Å²) in [5, 5.41) is -0.303. The van der Waals surface area contributed by atoms with Crippen molar-refractivity contribution in [1.29, 1.82) is 0 Å². The predicted molar refractivity (Wildman–Crippen MR) is 72.2 cm³/mol. The van der Waals surface area contributed by atoms with Crippen LogP contribution in [0.15, 0.2) is 18.2 Å². The van der Waals surface area contributed by atoms with Crippen molar-refractivity contribution in [2.75, 3.05) is 17.0 Å². The number of para-hydroxylation sites is 1. The predicted octanol–water partition coefficient (Wildman–Crippen LogP) is 2.84. The molecule has 1 aromatic carbocycles. The quantitative estimate of drug-likeness (QED) is 0.788. The molecule has 0 spiro atoms. The molecule has 0 heterocycles. The molecule has 0 aliphatic carbocycles. The monoisotopic (exact) mass is 330 g/mol. The lowest BCUT2D eigenvalue weighted by Gasteiger charge is -2.16. The fourth-order valence-electron chi connectivity index (χ4n) is 1.51. The van der Waals surface area contributed by atoms with E-state index in [-0.39, 0.29) is 17.2 Å². The second kappa shape index (κ2) is 6.64. The summed E-state index contributed by atoms with van der Waals surface area (Å²) in [6.45, 7) is 0.315. The highest BCUT2D eigenvalue weighted by Crippen LogP contribution is 2.38. The van der Waals surface area contributed by atoms with Gasteiger partial charge in [0.05, 0.1) is 22.0 Å². The molecule has 1 aromatic rings. The summed E-state index contributed by atoms with van der Waals surface area (Å²) in [5.41, 5.74) is 3.47. The summed E-state index contributed by atoms with van der Waals surface area (Å²) in [4.78, 5) is 0. The first-order valence-electron chi connectivity index (χ1n) is 5.73. The standard InChI is InChI=1S/C11H14ClF3N2O2S/c12-9-5-3-4-8(11(13,14)15)10(9)17-20(18,19)7-2-1-6-16/h3-5,17H,1-2,6-7,16H2. The first-order valence-corrected chi connectivity index (χ1v) is 7.76. The number of halogens is 4. The number of nitrogens with one attached hydrogen (secondary N) is 1. The molecule has 9 heteroatoms. The number of alkyl halides is 3. The Morgan fingerprint density at radius 3 is 2.45 bits per heavy atom. The van der Waals surface area contributed by atoms with E-state index in [4.69, 9.17) is 17.3 Å². The number of hydrogen-bond donors (Lipinski definition) is 2. The van der Waals surface area contributed by atoms with Crippen LogP contribution in [0, 0.1) is 0 Å². The molecule has 0 aliphatic rings. The van der Waals surface area contributed by atoms with Crippen LogP contribution in [-0.2, 0) is 16.2 Å². The molecule has 1 rings (SSSR count). The molecule has 0 saturated heterocycles. The molecule has 20 heavy (non-hydrogen) atoms. The summed E-state index contributed by atoms with van der Waals surface area (Å²) in [6, 6.07) is 3.07. The van der Waals surface area contributed by atoms with Crippen LogP contribution in [0.3, 0.4) is 0 Å². The zero-order valence-corrected chi connectivity index (χ0v) is 11.9. The van der Waals surface area contributed by atoms with Gasteiger partial charge in [-0.05, 0) is 31.5 Å². The smallest absolute Gasteiger partial charge is 0.330 e. The highest BCUT2D eigenvalue weighted by atomic mass is 35.5. The highest BCUT2D eigenvalue weighted by Gasteiger charge is 2.35. The van der Waals surface area contributed by atoms with Crippen molar-refractivity contribution in [2.24, 2.45) is 5.73 Å². The molecule has 3 N–H and O–H groups in total. The third kappa shape index (κ3) is 4.84. The number of sulfonamides is 1. The van der Waals surface area contributed by atoms with E-state index in [0.717, 1.165) is 12.1 Å². The van der Waals surface area contributed by atoms with E-state index < -0.39 is 27.5 Å². The Kier molecular flexibility index (Phi) is 5.67. The Balaban J connectivity index is 3.03. The van der Waals surface area contributed by atoms with Crippen LogP contribution in [0.2, 0.25) is 5.02 Å². The largest absolute Gasteiger partial charge is 0.418 e.